The molecule has 0 aliphatic carbocycles. The normalized spacial score (nSPS) is 13.9. The van der Waals surface area contributed by atoms with E-state index in [-0.39, 0.29) is 18.6 Å². The molecule has 0 rings (SSSR count). The van der Waals surface area contributed by atoms with Gasteiger partial charge in [0.15, 0.2) is 0 Å². The predicted octanol–water partition coefficient (Wildman–Crippen LogP) is 0.892. The summed E-state index contributed by atoms with van der Waals surface area (Å²) in [6.45, 7) is 7.27. The van der Waals surface area contributed by atoms with Gasteiger partial charge in [0.25, 0.3) is 0 Å². The van der Waals surface area contributed by atoms with Crippen molar-refractivity contribution in [2.45, 2.75) is 33.2 Å². The van der Waals surface area contributed by atoms with Crippen molar-refractivity contribution in [3.63, 3.8) is 0 Å². The lowest BCUT2D eigenvalue weighted by Gasteiger charge is -2.35. The van der Waals surface area contributed by atoms with E-state index < -0.39 is 17.9 Å². The lowest BCUT2D eigenvalue weighted by atomic mass is 10.0. The Labute approximate surface area is 89.7 Å². The average Bonchev–Trinajstić information content (AvgIpc) is 2.00. The summed E-state index contributed by atoms with van der Waals surface area (Å²) in [7, 11) is 0. The Bertz CT molecular complexity index is 244. The first-order valence-corrected chi connectivity index (χ1v) is 4.84. The van der Waals surface area contributed by atoms with Gasteiger partial charge in [0, 0.05) is 12.1 Å². The minimum atomic E-state index is -0.942. The molecule has 0 fully saturated rings. The monoisotopic (exact) mass is 217 g/mol. The number of carbonyl (C=O) groups is 2. The Morgan fingerprint density at radius 2 is 1.73 bits per heavy atom. The van der Waals surface area contributed by atoms with Crippen LogP contribution in [0.2, 0.25) is 0 Å². The molecule has 0 heterocycles. The summed E-state index contributed by atoms with van der Waals surface area (Å²) in [6, 6.07) is 0. The number of hydrogen-bond donors (Lipinski definition) is 2. The standard InChI is InChI=1S/C10H19NO4/c1-7(9(14)15)5-11(6-8(12)13)10(2,3)4/h7H,5-6H2,1-4H3,(H,12,13)(H,14,15). The van der Waals surface area contributed by atoms with Crippen LogP contribution in [0.3, 0.4) is 0 Å². The molecule has 15 heavy (non-hydrogen) atoms. The first kappa shape index (κ1) is 13.9. The van der Waals surface area contributed by atoms with Crippen molar-refractivity contribution in [1.29, 1.82) is 0 Å². The topological polar surface area (TPSA) is 77.8 Å². The Kier molecular flexibility index (Phi) is 4.74. The van der Waals surface area contributed by atoms with Crippen LogP contribution in [0.25, 0.3) is 0 Å². The number of hydrogen-bond acceptors (Lipinski definition) is 3. The second-order valence-electron chi connectivity index (χ2n) is 4.68. The zero-order valence-corrected chi connectivity index (χ0v) is 9.65. The maximum absolute atomic E-state index is 10.7. The molecule has 0 amide bonds. The van der Waals surface area contributed by atoms with Gasteiger partial charge in [0.1, 0.15) is 0 Å². The maximum Gasteiger partial charge on any atom is 0.317 e. The molecule has 0 aromatic carbocycles. The Balaban J connectivity index is 4.52. The van der Waals surface area contributed by atoms with Crippen LogP contribution in [0.5, 0.6) is 0 Å². The SMILES string of the molecule is CC(CN(CC(=O)O)C(C)(C)C)C(=O)O. The van der Waals surface area contributed by atoms with Gasteiger partial charge in [-0.3, -0.25) is 14.5 Å². The third-order valence-electron chi connectivity index (χ3n) is 2.19. The van der Waals surface area contributed by atoms with E-state index in [4.69, 9.17) is 10.2 Å². The van der Waals surface area contributed by atoms with Gasteiger partial charge >= 0.3 is 11.9 Å². The molecular weight excluding hydrogens is 198 g/mol. The fourth-order valence-electron chi connectivity index (χ4n) is 1.15. The highest BCUT2D eigenvalue weighted by Crippen LogP contribution is 2.15. The van der Waals surface area contributed by atoms with Crippen LogP contribution in [0.4, 0.5) is 0 Å². The van der Waals surface area contributed by atoms with Crippen LogP contribution in [0, 0.1) is 5.92 Å². The number of rotatable bonds is 5. The van der Waals surface area contributed by atoms with E-state index in [1.54, 1.807) is 11.8 Å². The third-order valence-corrected chi connectivity index (χ3v) is 2.19. The van der Waals surface area contributed by atoms with Crippen molar-refractivity contribution in [2.75, 3.05) is 13.1 Å². The Morgan fingerprint density at radius 3 is 2.00 bits per heavy atom. The van der Waals surface area contributed by atoms with Crippen molar-refractivity contribution in [2.24, 2.45) is 5.92 Å². The summed E-state index contributed by atoms with van der Waals surface area (Å²) in [5.41, 5.74) is -0.345. The molecule has 0 saturated carbocycles. The zero-order chi connectivity index (χ0) is 12.2. The van der Waals surface area contributed by atoms with Crippen LogP contribution in [0.1, 0.15) is 27.7 Å². The van der Waals surface area contributed by atoms with Crippen LogP contribution < -0.4 is 0 Å². The molecule has 5 heteroatoms. The molecule has 1 atom stereocenters. The molecule has 0 radical (unpaired) electrons. The molecule has 2 N–H and O–H groups in total. The fraction of sp³-hybridized carbons (Fsp3) is 0.800. The maximum atomic E-state index is 10.7. The first-order valence-electron chi connectivity index (χ1n) is 4.84. The van der Waals surface area contributed by atoms with E-state index in [9.17, 15) is 9.59 Å². The van der Waals surface area contributed by atoms with Gasteiger partial charge < -0.3 is 10.2 Å². The van der Waals surface area contributed by atoms with Crippen LogP contribution >= 0.6 is 0 Å². The summed E-state index contributed by atoms with van der Waals surface area (Å²) in [6.07, 6.45) is 0. The van der Waals surface area contributed by atoms with Gasteiger partial charge in [0.05, 0.1) is 12.5 Å². The zero-order valence-electron chi connectivity index (χ0n) is 9.65. The van der Waals surface area contributed by atoms with E-state index in [2.05, 4.69) is 0 Å². The molecule has 0 aromatic rings. The molecule has 88 valence electrons. The highest BCUT2D eigenvalue weighted by Gasteiger charge is 2.26. The molecule has 0 bridgehead atoms. The predicted molar refractivity (Wildman–Crippen MR) is 55.8 cm³/mol. The van der Waals surface area contributed by atoms with Crippen molar-refractivity contribution in [3.8, 4) is 0 Å². The largest absolute Gasteiger partial charge is 0.481 e. The van der Waals surface area contributed by atoms with Crippen molar-refractivity contribution in [1.82, 2.24) is 4.90 Å². The van der Waals surface area contributed by atoms with Crippen molar-refractivity contribution in [3.05, 3.63) is 0 Å². The van der Waals surface area contributed by atoms with Crippen LogP contribution in [0.15, 0.2) is 0 Å². The van der Waals surface area contributed by atoms with E-state index in [0.717, 1.165) is 0 Å². The second kappa shape index (κ2) is 5.11. The van der Waals surface area contributed by atoms with Crippen molar-refractivity contribution < 1.29 is 19.8 Å². The minimum absolute atomic E-state index is 0.138. The van der Waals surface area contributed by atoms with E-state index in [1.807, 2.05) is 20.8 Å². The summed E-state index contributed by atoms with van der Waals surface area (Å²) in [5.74, 6) is -2.42. The van der Waals surface area contributed by atoms with Crippen molar-refractivity contribution >= 4 is 11.9 Å². The van der Waals surface area contributed by atoms with Gasteiger partial charge in [-0.15, -0.1) is 0 Å². The van der Waals surface area contributed by atoms with Gasteiger partial charge in [0.2, 0.25) is 0 Å². The Morgan fingerprint density at radius 1 is 1.27 bits per heavy atom. The number of nitrogens with zero attached hydrogens (tertiary/aromatic N) is 1. The Hall–Kier alpha value is -1.10. The summed E-state index contributed by atoms with van der Waals surface area (Å²) in [5, 5.41) is 17.5. The smallest absolute Gasteiger partial charge is 0.317 e. The molecular formula is C10H19NO4. The van der Waals surface area contributed by atoms with Crippen LogP contribution in [-0.2, 0) is 9.59 Å². The van der Waals surface area contributed by atoms with Gasteiger partial charge in [-0.25, -0.2) is 0 Å². The summed E-state index contributed by atoms with van der Waals surface area (Å²) in [4.78, 5) is 22.9. The molecule has 0 aliphatic heterocycles. The molecule has 0 spiro atoms. The number of carboxylic acid groups (broad SMARTS) is 2. The fourth-order valence-corrected chi connectivity index (χ4v) is 1.15. The molecule has 1 unspecified atom stereocenters. The van der Waals surface area contributed by atoms with Gasteiger partial charge in [-0.2, -0.15) is 0 Å². The number of carboxylic acids is 2. The van der Waals surface area contributed by atoms with E-state index in [0.29, 0.717) is 0 Å². The lowest BCUT2D eigenvalue weighted by molar-refractivity contribution is -0.145. The van der Waals surface area contributed by atoms with E-state index in [1.165, 1.54) is 0 Å². The molecule has 0 saturated heterocycles. The summed E-state index contributed by atoms with van der Waals surface area (Å²) < 4.78 is 0. The van der Waals surface area contributed by atoms with Gasteiger partial charge in [-0.05, 0) is 20.8 Å². The number of aliphatic carboxylic acids is 2. The third kappa shape index (κ3) is 5.37. The molecule has 0 aliphatic rings. The van der Waals surface area contributed by atoms with Gasteiger partial charge in [-0.1, -0.05) is 6.92 Å². The van der Waals surface area contributed by atoms with E-state index >= 15 is 0 Å². The van der Waals surface area contributed by atoms with Crippen LogP contribution in [-0.4, -0.2) is 45.7 Å². The quantitative estimate of drug-likeness (QED) is 0.715. The average molecular weight is 217 g/mol. The lowest BCUT2D eigenvalue weighted by Crippen LogP contribution is -2.47. The minimum Gasteiger partial charge on any atom is -0.481 e. The highest BCUT2D eigenvalue weighted by molar-refractivity contribution is 5.71. The molecule has 0 aromatic heterocycles. The molecule has 5 nitrogen and oxygen atoms in total. The first-order chi connectivity index (χ1) is 6.64. The summed E-state index contributed by atoms with van der Waals surface area (Å²) >= 11 is 0. The highest BCUT2D eigenvalue weighted by atomic mass is 16.4. The second-order valence-corrected chi connectivity index (χ2v) is 4.68.